The van der Waals surface area contributed by atoms with Crippen molar-refractivity contribution in [1.82, 2.24) is 14.4 Å². The van der Waals surface area contributed by atoms with Crippen LogP contribution < -0.4 is 10.2 Å². The quantitative estimate of drug-likeness (QED) is 0.474. The summed E-state index contributed by atoms with van der Waals surface area (Å²) in [5.41, 5.74) is 5.67. The molecule has 4 heterocycles. The number of anilines is 3. The Bertz CT molecular complexity index is 1390. The zero-order valence-corrected chi connectivity index (χ0v) is 18.5. The van der Waals surface area contributed by atoms with Crippen molar-refractivity contribution in [3.8, 4) is 11.3 Å². The van der Waals surface area contributed by atoms with Crippen LogP contribution in [0, 0.1) is 5.82 Å². The fourth-order valence-electron chi connectivity index (χ4n) is 4.96. The maximum absolute atomic E-state index is 13.6. The summed E-state index contributed by atoms with van der Waals surface area (Å²) in [6.07, 6.45) is 7.54. The van der Waals surface area contributed by atoms with Crippen LogP contribution in [0.2, 0.25) is 0 Å². The minimum Gasteiger partial charge on any atom is -0.393 e. The Hall–Kier alpha value is -3.78. The molecular formula is C26H24FN5O2. The van der Waals surface area contributed by atoms with Crippen molar-refractivity contribution in [2.24, 2.45) is 0 Å². The van der Waals surface area contributed by atoms with E-state index >= 15 is 0 Å². The van der Waals surface area contributed by atoms with E-state index in [1.165, 1.54) is 12.1 Å². The summed E-state index contributed by atoms with van der Waals surface area (Å²) in [5.74, 6) is 0.275. The Kier molecular flexibility index (Phi) is 5.03. The summed E-state index contributed by atoms with van der Waals surface area (Å²) in [7, 11) is 0. The number of aliphatic hydroxyl groups excluding tert-OH is 1. The lowest BCUT2D eigenvalue weighted by molar-refractivity contribution is 0.0995. The van der Waals surface area contributed by atoms with E-state index in [1.807, 2.05) is 28.7 Å². The van der Waals surface area contributed by atoms with Crippen molar-refractivity contribution < 1.29 is 14.3 Å². The highest BCUT2D eigenvalue weighted by Crippen LogP contribution is 2.37. The molecule has 0 bridgehead atoms. The number of benzene rings is 1. The van der Waals surface area contributed by atoms with Crippen LogP contribution in [-0.2, 0) is 6.42 Å². The van der Waals surface area contributed by atoms with Gasteiger partial charge in [-0.1, -0.05) is 0 Å². The molecule has 1 aromatic carbocycles. The van der Waals surface area contributed by atoms with Gasteiger partial charge in [-0.05, 0) is 55.2 Å². The smallest absolute Gasteiger partial charge is 0.167 e. The number of carbonyl (C=O) groups excluding carboxylic acids is 1. The normalized spacial score (nSPS) is 16.3. The molecule has 172 valence electrons. The molecule has 0 spiro atoms. The summed E-state index contributed by atoms with van der Waals surface area (Å²) in [6.45, 7) is 1.68. The number of nitrogens with zero attached hydrogens (tertiary/aromatic N) is 4. The van der Waals surface area contributed by atoms with Crippen molar-refractivity contribution in [2.45, 2.75) is 31.8 Å². The van der Waals surface area contributed by atoms with Crippen LogP contribution in [0.4, 0.5) is 21.6 Å². The number of aromatic nitrogens is 3. The maximum Gasteiger partial charge on any atom is 0.167 e. The first kappa shape index (κ1) is 20.8. The molecule has 1 aliphatic heterocycles. The molecule has 1 aliphatic carbocycles. The Morgan fingerprint density at radius 3 is 2.62 bits per heavy atom. The SMILES string of the molecule is O=C1CCc2c(-c3cnc4cc(F)ccn34)cnc(Nc3ccc(N4CCC(O)CC4)cc3)c21. The molecule has 6 rings (SSSR count). The van der Waals surface area contributed by atoms with Gasteiger partial charge in [0.15, 0.2) is 5.78 Å². The number of Topliss-reactive ketones (excluding diaryl/α,β-unsaturated/α-hetero) is 1. The van der Waals surface area contributed by atoms with Crippen LogP contribution in [-0.4, -0.2) is 44.5 Å². The number of hydrogen-bond acceptors (Lipinski definition) is 6. The number of imidazole rings is 1. The molecule has 1 saturated heterocycles. The molecule has 2 N–H and O–H groups in total. The van der Waals surface area contributed by atoms with Crippen molar-refractivity contribution in [1.29, 1.82) is 0 Å². The fraction of sp³-hybridized carbons (Fsp3) is 0.269. The van der Waals surface area contributed by atoms with Crippen LogP contribution in [0.5, 0.6) is 0 Å². The number of hydrogen-bond donors (Lipinski definition) is 2. The molecule has 7 nitrogen and oxygen atoms in total. The predicted molar refractivity (Wildman–Crippen MR) is 128 cm³/mol. The highest BCUT2D eigenvalue weighted by Gasteiger charge is 2.28. The summed E-state index contributed by atoms with van der Waals surface area (Å²) in [4.78, 5) is 24.0. The lowest BCUT2D eigenvalue weighted by Gasteiger charge is -2.31. The van der Waals surface area contributed by atoms with Crippen molar-refractivity contribution >= 4 is 28.6 Å². The van der Waals surface area contributed by atoms with Gasteiger partial charge >= 0.3 is 0 Å². The lowest BCUT2D eigenvalue weighted by atomic mass is 10.0. The monoisotopic (exact) mass is 457 g/mol. The maximum atomic E-state index is 13.6. The van der Waals surface area contributed by atoms with E-state index in [1.54, 1.807) is 18.6 Å². The van der Waals surface area contributed by atoms with Crippen LogP contribution in [0.25, 0.3) is 16.9 Å². The average molecular weight is 458 g/mol. The van der Waals surface area contributed by atoms with Crippen molar-refractivity contribution in [2.75, 3.05) is 23.3 Å². The van der Waals surface area contributed by atoms with Gasteiger partial charge in [0.25, 0.3) is 0 Å². The number of piperidine rings is 1. The molecule has 3 aromatic heterocycles. The van der Waals surface area contributed by atoms with Gasteiger partial charge in [0, 0.05) is 54.9 Å². The summed E-state index contributed by atoms with van der Waals surface area (Å²) in [6, 6.07) is 10.8. The number of ketones is 1. The first-order valence-corrected chi connectivity index (χ1v) is 11.5. The molecular weight excluding hydrogens is 433 g/mol. The standard InChI is InChI=1S/C26H24FN5O2/c27-16-7-12-32-22(15-28-24(32)13-16)21-14-29-26(25-20(21)5-6-23(25)34)30-17-1-3-18(4-2-17)31-10-8-19(33)9-11-31/h1-4,7,12-15,19,33H,5-6,8-11H2,(H,29,30). The van der Waals surface area contributed by atoms with Gasteiger partial charge in [-0.15, -0.1) is 0 Å². The number of halogens is 1. The highest BCUT2D eigenvalue weighted by atomic mass is 19.1. The van der Waals surface area contributed by atoms with Crippen LogP contribution in [0.15, 0.2) is 55.0 Å². The molecule has 2 aliphatic rings. The Morgan fingerprint density at radius 1 is 1.03 bits per heavy atom. The molecule has 0 unspecified atom stereocenters. The Balaban J connectivity index is 1.31. The molecule has 8 heteroatoms. The second kappa shape index (κ2) is 8.22. The second-order valence-electron chi connectivity index (χ2n) is 8.90. The van der Waals surface area contributed by atoms with Gasteiger partial charge in [-0.2, -0.15) is 0 Å². The highest BCUT2D eigenvalue weighted by molar-refractivity contribution is 6.06. The summed E-state index contributed by atoms with van der Waals surface area (Å²) >= 11 is 0. The number of fused-ring (bicyclic) bond motifs is 2. The van der Waals surface area contributed by atoms with Gasteiger partial charge in [0.2, 0.25) is 0 Å². The first-order valence-electron chi connectivity index (χ1n) is 11.5. The third kappa shape index (κ3) is 3.60. The summed E-state index contributed by atoms with van der Waals surface area (Å²) < 4.78 is 15.4. The molecule has 34 heavy (non-hydrogen) atoms. The molecule has 4 aromatic rings. The first-order chi connectivity index (χ1) is 16.6. The summed E-state index contributed by atoms with van der Waals surface area (Å²) in [5, 5.41) is 13.1. The minimum atomic E-state index is -0.341. The van der Waals surface area contributed by atoms with Gasteiger partial charge < -0.3 is 15.3 Å². The van der Waals surface area contributed by atoms with Gasteiger partial charge in [0.1, 0.15) is 17.3 Å². The molecule has 0 atom stereocenters. The lowest BCUT2D eigenvalue weighted by Crippen LogP contribution is -2.35. The van der Waals surface area contributed by atoms with Gasteiger partial charge in [-0.25, -0.2) is 14.4 Å². The van der Waals surface area contributed by atoms with Crippen molar-refractivity contribution in [3.05, 3.63) is 71.9 Å². The average Bonchev–Trinajstić information content (AvgIpc) is 3.44. The third-order valence-electron chi connectivity index (χ3n) is 6.78. The molecule has 0 saturated carbocycles. The minimum absolute atomic E-state index is 0.0650. The fourth-order valence-corrected chi connectivity index (χ4v) is 4.96. The van der Waals surface area contributed by atoms with Gasteiger partial charge in [-0.3, -0.25) is 9.20 Å². The van der Waals surface area contributed by atoms with Crippen LogP contribution in [0.1, 0.15) is 35.2 Å². The number of aliphatic hydroxyl groups is 1. The molecule has 0 radical (unpaired) electrons. The van der Waals surface area contributed by atoms with Crippen LogP contribution >= 0.6 is 0 Å². The topological polar surface area (TPSA) is 82.8 Å². The van der Waals surface area contributed by atoms with E-state index in [9.17, 15) is 14.3 Å². The number of pyridine rings is 2. The van der Waals surface area contributed by atoms with E-state index in [0.717, 1.165) is 54.1 Å². The Labute approximate surface area is 195 Å². The zero-order chi connectivity index (χ0) is 23.2. The number of nitrogens with one attached hydrogen (secondary N) is 1. The molecule has 0 amide bonds. The van der Waals surface area contributed by atoms with Crippen molar-refractivity contribution in [3.63, 3.8) is 0 Å². The zero-order valence-electron chi connectivity index (χ0n) is 18.5. The van der Waals surface area contributed by atoms with E-state index in [2.05, 4.69) is 20.2 Å². The van der Waals surface area contributed by atoms with Gasteiger partial charge in [0.05, 0.1) is 23.6 Å². The van der Waals surface area contributed by atoms with E-state index in [-0.39, 0.29) is 17.7 Å². The van der Waals surface area contributed by atoms with E-state index in [4.69, 9.17) is 0 Å². The third-order valence-corrected chi connectivity index (χ3v) is 6.78. The predicted octanol–water partition coefficient (Wildman–Crippen LogP) is 4.37. The number of rotatable bonds is 4. The second-order valence-corrected chi connectivity index (χ2v) is 8.90. The van der Waals surface area contributed by atoms with E-state index in [0.29, 0.717) is 29.9 Å². The Morgan fingerprint density at radius 2 is 1.82 bits per heavy atom. The largest absolute Gasteiger partial charge is 0.393 e. The number of carbonyl (C=O) groups is 1. The van der Waals surface area contributed by atoms with E-state index < -0.39 is 0 Å². The molecule has 1 fully saturated rings. The van der Waals surface area contributed by atoms with Crippen LogP contribution in [0.3, 0.4) is 0 Å².